The Kier molecular flexibility index (Phi) is 25.9. The van der Waals surface area contributed by atoms with Crippen molar-refractivity contribution in [2.45, 2.75) is 59.3 Å². The van der Waals surface area contributed by atoms with Crippen LogP contribution in [0.25, 0.3) is 0 Å². The molecule has 22 nitrogen and oxygen atoms in total. The maximum absolute atomic E-state index is 12.7. The van der Waals surface area contributed by atoms with Gasteiger partial charge in [-0.2, -0.15) is 0 Å². The molecule has 2 heterocycles. The molecule has 0 saturated carbocycles. The summed E-state index contributed by atoms with van der Waals surface area (Å²) in [5, 5.41) is 15.3. The average molecular weight is 851 g/mol. The highest BCUT2D eigenvalue weighted by molar-refractivity contribution is 6.13. The van der Waals surface area contributed by atoms with Crippen molar-refractivity contribution < 1.29 is 67.0 Å². The third-order valence-electron chi connectivity index (χ3n) is 8.20. The van der Waals surface area contributed by atoms with E-state index in [9.17, 15) is 52.7 Å². The molecule has 0 aromatic carbocycles. The van der Waals surface area contributed by atoms with E-state index < -0.39 is 65.4 Å². The number of methoxy groups -OCH3 is 1. The molecular weight excluding hydrogens is 792 g/mol. The molecular formula is C38H58N8O14. The van der Waals surface area contributed by atoms with E-state index in [0.717, 1.165) is 34.1 Å². The Morgan fingerprint density at radius 3 is 1.28 bits per heavy atom. The van der Waals surface area contributed by atoms with E-state index in [2.05, 4.69) is 31.9 Å². The summed E-state index contributed by atoms with van der Waals surface area (Å²) in [6, 6.07) is 0. The average Bonchev–Trinajstić information content (AvgIpc) is 3.71. The highest BCUT2D eigenvalue weighted by Gasteiger charge is 2.26. The Hall–Kier alpha value is -6.19. The highest BCUT2D eigenvalue weighted by atomic mass is 16.6. The first-order valence-electron chi connectivity index (χ1n) is 19.6. The van der Waals surface area contributed by atoms with Crippen LogP contribution >= 0.6 is 0 Å². The smallest absolute Gasteiger partial charge is 0.407 e. The molecule has 0 aromatic rings. The van der Waals surface area contributed by atoms with E-state index in [1.54, 1.807) is 0 Å². The van der Waals surface area contributed by atoms with Crippen molar-refractivity contribution in [1.82, 2.24) is 41.7 Å². The van der Waals surface area contributed by atoms with Gasteiger partial charge in [0.1, 0.15) is 5.78 Å². The van der Waals surface area contributed by atoms with Crippen molar-refractivity contribution in [3.63, 3.8) is 0 Å². The SMILES string of the molecule is CCNC(=O)OCC(C)COC(=O)NCC.COCCCC(=O)C(CC(=O)NCCNC(=O)CCN1C(=O)C=CC1=O)CC(=O)NCCNC(=O)CCN1C(=O)C=CC1=O. The van der Waals surface area contributed by atoms with Crippen LogP contribution in [0.2, 0.25) is 0 Å². The van der Waals surface area contributed by atoms with E-state index in [4.69, 9.17) is 14.2 Å². The van der Waals surface area contributed by atoms with Gasteiger partial charge in [-0.15, -0.1) is 0 Å². The van der Waals surface area contributed by atoms with Gasteiger partial charge in [0.2, 0.25) is 23.6 Å². The standard InChI is InChI=1S/C28H38N6O10.C10H20N2O4/c1-44-16-2-3-20(35)19(17-23(38)31-12-10-29-21(36)8-14-33-25(40)4-5-26(33)41)18-24(39)32-13-11-30-22(37)9-15-34-27(42)6-7-28(34)43;1-4-11-9(13)15-6-8(3)7-16-10(14)12-5-2/h4-7,19H,2-3,8-18H2,1H3,(H,29,36)(H,30,37)(H,31,38)(H,32,39);8H,4-7H2,1-3H3,(H,11,13)(H,12,14). The van der Waals surface area contributed by atoms with Crippen molar-refractivity contribution in [1.29, 1.82) is 0 Å². The molecule has 2 aliphatic heterocycles. The first kappa shape index (κ1) is 51.8. The van der Waals surface area contributed by atoms with E-state index >= 15 is 0 Å². The Morgan fingerprint density at radius 2 is 0.933 bits per heavy atom. The number of ether oxygens (including phenoxy) is 3. The van der Waals surface area contributed by atoms with Crippen molar-refractivity contribution >= 4 is 65.2 Å². The van der Waals surface area contributed by atoms with Crippen LogP contribution in [0.5, 0.6) is 0 Å². The van der Waals surface area contributed by atoms with E-state index in [-0.39, 0.29) is 96.3 Å². The summed E-state index contributed by atoms with van der Waals surface area (Å²) in [4.78, 5) is 132. The van der Waals surface area contributed by atoms with Crippen LogP contribution < -0.4 is 31.9 Å². The van der Waals surface area contributed by atoms with Crippen molar-refractivity contribution in [3.05, 3.63) is 24.3 Å². The summed E-state index contributed by atoms with van der Waals surface area (Å²) in [5.41, 5.74) is 0. The van der Waals surface area contributed by atoms with Crippen LogP contribution in [0.4, 0.5) is 9.59 Å². The minimum Gasteiger partial charge on any atom is -0.449 e. The predicted octanol–water partition coefficient (Wildman–Crippen LogP) is -1.41. The lowest BCUT2D eigenvalue weighted by Gasteiger charge is -2.16. The predicted molar refractivity (Wildman–Crippen MR) is 211 cm³/mol. The molecule has 0 radical (unpaired) electrons. The molecule has 0 fully saturated rings. The van der Waals surface area contributed by atoms with Crippen LogP contribution in [-0.2, 0) is 57.4 Å². The molecule has 10 amide bonds. The fourth-order valence-corrected chi connectivity index (χ4v) is 5.08. The van der Waals surface area contributed by atoms with Crippen molar-refractivity contribution in [2.24, 2.45) is 11.8 Å². The largest absolute Gasteiger partial charge is 0.449 e. The molecule has 2 rings (SSSR count). The fourth-order valence-electron chi connectivity index (χ4n) is 5.08. The Labute approximate surface area is 348 Å². The van der Waals surface area contributed by atoms with Crippen LogP contribution in [0.1, 0.15) is 59.3 Å². The van der Waals surface area contributed by atoms with E-state index in [1.165, 1.54) is 7.11 Å². The summed E-state index contributed by atoms with van der Waals surface area (Å²) >= 11 is 0. The van der Waals surface area contributed by atoms with Gasteiger partial charge in [-0.25, -0.2) is 9.59 Å². The van der Waals surface area contributed by atoms with Gasteiger partial charge >= 0.3 is 12.2 Å². The summed E-state index contributed by atoms with van der Waals surface area (Å²) in [7, 11) is 1.49. The number of Topliss-reactive ketones (excluding diaryl/α,β-unsaturated/α-hetero) is 1. The van der Waals surface area contributed by atoms with Gasteiger partial charge in [0.05, 0.1) is 13.2 Å². The molecule has 0 aromatic heterocycles. The third-order valence-corrected chi connectivity index (χ3v) is 8.20. The third kappa shape index (κ3) is 22.7. The van der Waals surface area contributed by atoms with Crippen LogP contribution in [-0.4, -0.2) is 154 Å². The lowest BCUT2D eigenvalue weighted by atomic mass is 9.92. The first-order valence-corrected chi connectivity index (χ1v) is 19.6. The number of imide groups is 2. The topological polar surface area (TPSA) is 294 Å². The monoisotopic (exact) mass is 850 g/mol. The molecule has 334 valence electrons. The van der Waals surface area contributed by atoms with Gasteiger partial charge in [0.25, 0.3) is 23.6 Å². The second-order valence-corrected chi connectivity index (χ2v) is 13.3. The van der Waals surface area contributed by atoms with Gasteiger partial charge in [0.15, 0.2) is 0 Å². The molecule has 0 unspecified atom stereocenters. The van der Waals surface area contributed by atoms with Crippen LogP contribution in [0.3, 0.4) is 0 Å². The molecule has 2 aliphatic rings. The number of carbonyl (C=O) groups is 11. The Balaban J connectivity index is 0.000000946. The minimum absolute atomic E-state index is 0.0230. The highest BCUT2D eigenvalue weighted by Crippen LogP contribution is 2.14. The zero-order valence-electron chi connectivity index (χ0n) is 34.6. The number of amides is 10. The molecule has 0 aliphatic carbocycles. The van der Waals surface area contributed by atoms with Gasteiger partial charge in [-0.3, -0.25) is 53.0 Å². The Bertz CT molecular complexity index is 1450. The minimum atomic E-state index is -0.899. The molecule has 60 heavy (non-hydrogen) atoms. The molecule has 0 atom stereocenters. The number of nitrogens with one attached hydrogen (secondary N) is 6. The maximum atomic E-state index is 12.7. The molecule has 22 heteroatoms. The molecule has 0 bridgehead atoms. The van der Waals surface area contributed by atoms with Crippen molar-refractivity contribution in [3.8, 4) is 0 Å². The zero-order chi connectivity index (χ0) is 44.9. The number of rotatable bonds is 27. The number of ketones is 1. The van der Waals surface area contributed by atoms with Gasteiger partial charge in [-0.1, -0.05) is 6.92 Å². The molecule has 0 spiro atoms. The lowest BCUT2D eigenvalue weighted by molar-refractivity contribution is -0.139. The first-order chi connectivity index (χ1) is 28.6. The summed E-state index contributed by atoms with van der Waals surface area (Å²) in [6.45, 7) is 7.43. The normalized spacial score (nSPS) is 12.9. The van der Waals surface area contributed by atoms with Crippen LogP contribution in [0.15, 0.2) is 24.3 Å². The molecule has 0 saturated heterocycles. The zero-order valence-corrected chi connectivity index (χ0v) is 34.6. The summed E-state index contributed by atoms with van der Waals surface area (Å²) in [6.07, 6.45) is 3.44. The fraction of sp³-hybridized carbons (Fsp3) is 0.605. The number of alkyl carbamates (subject to hydrolysis) is 2. The van der Waals surface area contributed by atoms with Gasteiger partial charge < -0.3 is 46.1 Å². The van der Waals surface area contributed by atoms with Gasteiger partial charge in [-0.05, 0) is 20.3 Å². The maximum Gasteiger partial charge on any atom is 0.407 e. The molecule has 6 N–H and O–H groups in total. The second-order valence-electron chi connectivity index (χ2n) is 13.3. The van der Waals surface area contributed by atoms with E-state index in [1.807, 2.05) is 20.8 Å². The van der Waals surface area contributed by atoms with Gasteiger partial charge in [0, 0.05) is 134 Å². The summed E-state index contributed by atoms with van der Waals surface area (Å²) in [5.74, 6) is -4.96. The second kappa shape index (κ2) is 29.9. The number of nitrogens with zero attached hydrogens (tertiary/aromatic N) is 2. The number of hydrogen-bond acceptors (Lipinski definition) is 14. The Morgan fingerprint density at radius 1 is 0.567 bits per heavy atom. The lowest BCUT2D eigenvalue weighted by Crippen LogP contribution is -2.39. The number of hydrogen-bond donors (Lipinski definition) is 6. The van der Waals surface area contributed by atoms with Crippen LogP contribution in [0, 0.1) is 11.8 Å². The van der Waals surface area contributed by atoms with E-state index in [0.29, 0.717) is 26.1 Å². The van der Waals surface area contributed by atoms with Crippen molar-refractivity contribution in [2.75, 3.05) is 79.3 Å². The summed E-state index contributed by atoms with van der Waals surface area (Å²) < 4.78 is 14.7. The number of carbonyl (C=O) groups excluding carboxylic acids is 11. The quantitative estimate of drug-likeness (QED) is 0.0409.